The highest BCUT2D eigenvalue weighted by atomic mass is 16.5. The fraction of sp³-hybridized carbons (Fsp3) is 0.500. The Morgan fingerprint density at radius 2 is 1.96 bits per heavy atom. The molecule has 6 nitrogen and oxygen atoms in total. The zero-order chi connectivity index (χ0) is 18.8. The van der Waals surface area contributed by atoms with Crippen LogP contribution in [0, 0.1) is 0 Å². The van der Waals surface area contributed by atoms with Crippen LogP contribution in [-0.4, -0.2) is 55.2 Å². The molecule has 0 spiro atoms. The zero-order valence-electron chi connectivity index (χ0n) is 15.7. The smallest absolute Gasteiger partial charge is 0.251 e. The Balaban J connectivity index is 1.67. The predicted molar refractivity (Wildman–Crippen MR) is 105 cm³/mol. The van der Waals surface area contributed by atoms with Crippen molar-refractivity contribution in [2.24, 2.45) is 0 Å². The molecule has 0 bridgehead atoms. The molecule has 0 saturated carbocycles. The second kappa shape index (κ2) is 10.7. The second-order valence-electron chi connectivity index (χ2n) is 6.20. The van der Waals surface area contributed by atoms with Gasteiger partial charge in [0.25, 0.3) is 5.56 Å². The standard InChI is InChI=1S/C20H29N3O3/c1-3-23(4-2)12-14-26-13-11-21-19(24)10-9-17-15-16-7-5-6-8-18(16)22-20(17)25/h5-8,15H,3-4,9-14H2,1-2H3,(H,21,24)(H,22,25). The summed E-state index contributed by atoms with van der Waals surface area (Å²) >= 11 is 0. The van der Waals surface area contributed by atoms with E-state index in [1.54, 1.807) is 0 Å². The predicted octanol–water partition coefficient (Wildman–Crippen LogP) is 1.94. The number of rotatable bonds is 11. The lowest BCUT2D eigenvalue weighted by atomic mass is 10.1. The molecule has 1 aromatic heterocycles. The van der Waals surface area contributed by atoms with Gasteiger partial charge >= 0.3 is 0 Å². The van der Waals surface area contributed by atoms with Gasteiger partial charge in [-0.25, -0.2) is 0 Å². The molecular formula is C20H29N3O3. The molecule has 6 heteroatoms. The van der Waals surface area contributed by atoms with E-state index >= 15 is 0 Å². The molecule has 0 unspecified atom stereocenters. The Morgan fingerprint density at radius 1 is 1.19 bits per heavy atom. The van der Waals surface area contributed by atoms with Crippen LogP contribution < -0.4 is 10.9 Å². The number of ether oxygens (including phenoxy) is 1. The van der Waals surface area contributed by atoms with Crippen LogP contribution in [0.1, 0.15) is 25.8 Å². The van der Waals surface area contributed by atoms with Crippen molar-refractivity contribution in [1.29, 1.82) is 0 Å². The zero-order valence-corrected chi connectivity index (χ0v) is 15.7. The average Bonchev–Trinajstić information content (AvgIpc) is 2.65. The van der Waals surface area contributed by atoms with Crippen LogP contribution in [0.3, 0.4) is 0 Å². The number of fused-ring (bicyclic) bond motifs is 1. The molecule has 0 aliphatic rings. The Morgan fingerprint density at radius 3 is 2.73 bits per heavy atom. The first kappa shape index (κ1) is 20.1. The number of aromatic amines is 1. The monoisotopic (exact) mass is 359 g/mol. The first-order valence-corrected chi connectivity index (χ1v) is 9.31. The van der Waals surface area contributed by atoms with E-state index in [0.29, 0.717) is 38.2 Å². The van der Waals surface area contributed by atoms with Crippen molar-refractivity contribution in [1.82, 2.24) is 15.2 Å². The van der Waals surface area contributed by atoms with E-state index in [4.69, 9.17) is 4.74 Å². The molecule has 1 heterocycles. The molecule has 0 atom stereocenters. The van der Waals surface area contributed by atoms with Crippen LogP contribution in [-0.2, 0) is 16.0 Å². The van der Waals surface area contributed by atoms with Gasteiger partial charge in [-0.3, -0.25) is 9.59 Å². The number of aromatic nitrogens is 1. The summed E-state index contributed by atoms with van der Waals surface area (Å²) in [5.74, 6) is -0.0649. The molecule has 1 amide bonds. The van der Waals surface area contributed by atoms with Gasteiger partial charge in [0.05, 0.1) is 13.2 Å². The number of nitrogens with zero attached hydrogens (tertiary/aromatic N) is 1. The van der Waals surface area contributed by atoms with Crippen molar-refractivity contribution < 1.29 is 9.53 Å². The number of carbonyl (C=O) groups is 1. The highest BCUT2D eigenvalue weighted by molar-refractivity contribution is 5.79. The first-order valence-electron chi connectivity index (χ1n) is 9.31. The highest BCUT2D eigenvalue weighted by Crippen LogP contribution is 2.10. The summed E-state index contributed by atoms with van der Waals surface area (Å²) in [5.41, 5.74) is 1.32. The fourth-order valence-electron chi connectivity index (χ4n) is 2.81. The fourth-order valence-corrected chi connectivity index (χ4v) is 2.81. The van der Waals surface area contributed by atoms with E-state index < -0.39 is 0 Å². The number of H-pyrrole nitrogens is 1. The topological polar surface area (TPSA) is 74.4 Å². The van der Waals surface area contributed by atoms with Gasteiger partial charge in [0.2, 0.25) is 5.91 Å². The minimum absolute atomic E-state index is 0.0649. The van der Waals surface area contributed by atoms with Crippen LogP contribution in [0.2, 0.25) is 0 Å². The van der Waals surface area contributed by atoms with Gasteiger partial charge in [-0.05, 0) is 37.0 Å². The number of aryl methyl sites for hydroxylation is 1. The quantitative estimate of drug-likeness (QED) is 0.601. The van der Waals surface area contributed by atoms with Crippen molar-refractivity contribution in [2.75, 3.05) is 39.4 Å². The van der Waals surface area contributed by atoms with Gasteiger partial charge in [-0.2, -0.15) is 0 Å². The van der Waals surface area contributed by atoms with Crippen LogP contribution in [0.15, 0.2) is 35.1 Å². The summed E-state index contributed by atoms with van der Waals surface area (Å²) in [5, 5.41) is 3.81. The van der Waals surface area contributed by atoms with E-state index in [0.717, 1.165) is 30.5 Å². The maximum atomic E-state index is 12.1. The van der Waals surface area contributed by atoms with Crippen molar-refractivity contribution in [2.45, 2.75) is 26.7 Å². The van der Waals surface area contributed by atoms with E-state index in [2.05, 4.69) is 29.0 Å². The Bertz CT molecular complexity index is 753. The van der Waals surface area contributed by atoms with E-state index in [1.165, 1.54) is 0 Å². The van der Waals surface area contributed by atoms with Crippen molar-refractivity contribution in [3.05, 3.63) is 46.2 Å². The Labute approximate surface area is 154 Å². The number of pyridine rings is 1. The average molecular weight is 359 g/mol. The summed E-state index contributed by atoms with van der Waals surface area (Å²) in [6.07, 6.45) is 0.718. The lowest BCUT2D eigenvalue weighted by Gasteiger charge is -2.17. The Kier molecular flexibility index (Phi) is 8.31. The van der Waals surface area contributed by atoms with E-state index in [-0.39, 0.29) is 11.5 Å². The van der Waals surface area contributed by atoms with Gasteiger partial charge in [-0.1, -0.05) is 32.0 Å². The summed E-state index contributed by atoms with van der Waals surface area (Å²) in [6, 6.07) is 9.49. The number of amides is 1. The van der Waals surface area contributed by atoms with E-state index in [9.17, 15) is 9.59 Å². The van der Waals surface area contributed by atoms with Gasteiger partial charge in [0.15, 0.2) is 0 Å². The normalized spacial score (nSPS) is 11.2. The third kappa shape index (κ3) is 6.28. The summed E-state index contributed by atoms with van der Waals surface area (Å²) in [7, 11) is 0. The van der Waals surface area contributed by atoms with Crippen molar-refractivity contribution in [3.63, 3.8) is 0 Å². The molecule has 0 fully saturated rings. The molecule has 26 heavy (non-hydrogen) atoms. The molecule has 142 valence electrons. The molecular weight excluding hydrogens is 330 g/mol. The molecule has 2 N–H and O–H groups in total. The van der Waals surface area contributed by atoms with E-state index in [1.807, 2.05) is 30.3 Å². The van der Waals surface area contributed by atoms with Gasteiger partial charge < -0.3 is 19.9 Å². The lowest BCUT2D eigenvalue weighted by Crippen LogP contribution is -2.30. The minimum Gasteiger partial charge on any atom is -0.378 e. The maximum absolute atomic E-state index is 12.1. The number of hydrogen-bond donors (Lipinski definition) is 2. The summed E-state index contributed by atoms with van der Waals surface area (Å²) in [6.45, 7) is 8.87. The number of likely N-dealkylation sites (N-methyl/N-ethyl adjacent to an activating group) is 1. The molecule has 2 aromatic rings. The number of hydrogen-bond acceptors (Lipinski definition) is 4. The number of carbonyl (C=O) groups excluding carboxylic acids is 1. The van der Waals surface area contributed by atoms with Crippen LogP contribution in [0.25, 0.3) is 10.9 Å². The van der Waals surface area contributed by atoms with Gasteiger partial charge in [0.1, 0.15) is 0 Å². The molecule has 0 radical (unpaired) electrons. The molecule has 0 saturated heterocycles. The third-order valence-corrected chi connectivity index (χ3v) is 4.47. The number of para-hydroxylation sites is 1. The lowest BCUT2D eigenvalue weighted by molar-refractivity contribution is -0.121. The van der Waals surface area contributed by atoms with Gasteiger partial charge in [0, 0.05) is 30.6 Å². The number of nitrogens with one attached hydrogen (secondary N) is 2. The third-order valence-electron chi connectivity index (χ3n) is 4.47. The Hall–Kier alpha value is -2.18. The molecule has 2 rings (SSSR count). The maximum Gasteiger partial charge on any atom is 0.251 e. The minimum atomic E-state index is -0.128. The molecule has 0 aliphatic heterocycles. The van der Waals surface area contributed by atoms with Crippen LogP contribution in [0.5, 0.6) is 0 Å². The van der Waals surface area contributed by atoms with Crippen molar-refractivity contribution in [3.8, 4) is 0 Å². The SMILES string of the molecule is CCN(CC)CCOCCNC(=O)CCc1cc2ccccc2[nH]c1=O. The highest BCUT2D eigenvalue weighted by Gasteiger charge is 2.06. The number of benzene rings is 1. The largest absolute Gasteiger partial charge is 0.378 e. The molecule has 1 aromatic carbocycles. The summed E-state index contributed by atoms with van der Waals surface area (Å²) in [4.78, 5) is 29.2. The van der Waals surface area contributed by atoms with Crippen LogP contribution >= 0.6 is 0 Å². The second-order valence-corrected chi connectivity index (χ2v) is 6.20. The molecule has 0 aliphatic carbocycles. The van der Waals surface area contributed by atoms with Crippen LogP contribution in [0.4, 0.5) is 0 Å². The summed E-state index contributed by atoms with van der Waals surface area (Å²) < 4.78 is 5.54. The van der Waals surface area contributed by atoms with Gasteiger partial charge in [-0.15, -0.1) is 0 Å². The van der Waals surface area contributed by atoms with Crippen molar-refractivity contribution >= 4 is 16.8 Å². The first-order chi connectivity index (χ1) is 12.6.